The van der Waals surface area contributed by atoms with Crippen LogP contribution in [0.5, 0.6) is 0 Å². The zero-order valence-electron chi connectivity index (χ0n) is 9.38. The van der Waals surface area contributed by atoms with E-state index in [1.54, 1.807) is 16.9 Å². The van der Waals surface area contributed by atoms with Crippen molar-refractivity contribution in [1.82, 2.24) is 20.0 Å². The standard InChI is InChI=1S/C11H10FN5O/c12-7-1-2-8-10(5-7)18-11(14-8)9-6-17(4-3-13)16-15-9/h1-2,5-6H,3-4,13H2. The summed E-state index contributed by atoms with van der Waals surface area (Å²) in [5.41, 5.74) is 6.89. The molecule has 0 aliphatic heterocycles. The number of hydrogen-bond acceptors (Lipinski definition) is 5. The van der Waals surface area contributed by atoms with Crippen LogP contribution < -0.4 is 5.73 Å². The van der Waals surface area contributed by atoms with Crippen LogP contribution >= 0.6 is 0 Å². The molecule has 7 heteroatoms. The van der Waals surface area contributed by atoms with Crippen molar-refractivity contribution in [2.24, 2.45) is 5.73 Å². The van der Waals surface area contributed by atoms with Crippen molar-refractivity contribution in [3.05, 3.63) is 30.2 Å². The monoisotopic (exact) mass is 247 g/mol. The number of aromatic nitrogens is 4. The molecule has 0 unspecified atom stereocenters. The molecule has 0 aliphatic rings. The number of rotatable bonds is 3. The average molecular weight is 247 g/mol. The highest BCUT2D eigenvalue weighted by Gasteiger charge is 2.12. The Labute approximate surface area is 101 Å². The highest BCUT2D eigenvalue weighted by atomic mass is 19.1. The van der Waals surface area contributed by atoms with Crippen LogP contribution in [0.4, 0.5) is 4.39 Å². The third-order valence-electron chi connectivity index (χ3n) is 2.47. The van der Waals surface area contributed by atoms with E-state index in [1.165, 1.54) is 12.1 Å². The summed E-state index contributed by atoms with van der Waals surface area (Å²) in [6.07, 6.45) is 1.69. The Kier molecular flexibility index (Phi) is 2.52. The first kappa shape index (κ1) is 10.8. The third-order valence-corrected chi connectivity index (χ3v) is 2.47. The number of oxazole rings is 1. The van der Waals surface area contributed by atoms with Gasteiger partial charge >= 0.3 is 0 Å². The van der Waals surface area contributed by atoms with Crippen molar-refractivity contribution < 1.29 is 8.81 Å². The molecule has 3 aromatic rings. The molecule has 0 saturated carbocycles. The van der Waals surface area contributed by atoms with Crippen LogP contribution in [0.25, 0.3) is 22.7 Å². The summed E-state index contributed by atoms with van der Waals surface area (Å²) < 4.78 is 20.0. The van der Waals surface area contributed by atoms with Gasteiger partial charge < -0.3 is 10.2 Å². The van der Waals surface area contributed by atoms with Gasteiger partial charge in [0.25, 0.3) is 0 Å². The lowest BCUT2D eigenvalue weighted by atomic mass is 10.3. The van der Waals surface area contributed by atoms with Gasteiger partial charge in [0.1, 0.15) is 11.3 Å². The van der Waals surface area contributed by atoms with Crippen molar-refractivity contribution >= 4 is 11.1 Å². The SMILES string of the molecule is NCCn1cc(-c2nc3ccc(F)cc3o2)nn1. The van der Waals surface area contributed by atoms with Crippen molar-refractivity contribution in [2.75, 3.05) is 6.54 Å². The number of fused-ring (bicyclic) bond motifs is 1. The van der Waals surface area contributed by atoms with E-state index in [1.807, 2.05) is 0 Å². The van der Waals surface area contributed by atoms with Gasteiger partial charge in [0.05, 0.1) is 12.7 Å². The number of benzene rings is 1. The average Bonchev–Trinajstić information content (AvgIpc) is 2.94. The number of halogens is 1. The number of nitrogens with zero attached hydrogens (tertiary/aromatic N) is 4. The Hall–Kier alpha value is -2.28. The normalized spacial score (nSPS) is 11.2. The first-order chi connectivity index (χ1) is 8.76. The minimum absolute atomic E-state index is 0.318. The second-order valence-corrected chi connectivity index (χ2v) is 3.79. The summed E-state index contributed by atoms with van der Waals surface area (Å²) in [4.78, 5) is 4.22. The van der Waals surface area contributed by atoms with E-state index in [2.05, 4.69) is 15.3 Å². The summed E-state index contributed by atoms with van der Waals surface area (Å²) in [5, 5.41) is 7.81. The number of hydrogen-bond donors (Lipinski definition) is 1. The molecule has 2 N–H and O–H groups in total. The smallest absolute Gasteiger partial charge is 0.249 e. The van der Waals surface area contributed by atoms with Gasteiger partial charge in [0.15, 0.2) is 11.3 Å². The van der Waals surface area contributed by atoms with Gasteiger partial charge in [0, 0.05) is 12.6 Å². The molecule has 2 aromatic heterocycles. The van der Waals surface area contributed by atoms with Crippen LogP contribution in [-0.2, 0) is 6.54 Å². The molecule has 6 nitrogen and oxygen atoms in total. The molecule has 92 valence electrons. The molecular formula is C11H10FN5O. The molecule has 0 radical (unpaired) electrons. The summed E-state index contributed by atoms with van der Waals surface area (Å²) in [7, 11) is 0. The van der Waals surface area contributed by atoms with Gasteiger partial charge in [-0.25, -0.2) is 9.37 Å². The molecule has 2 heterocycles. The van der Waals surface area contributed by atoms with E-state index in [9.17, 15) is 4.39 Å². The molecule has 0 atom stereocenters. The Morgan fingerprint density at radius 1 is 1.39 bits per heavy atom. The molecular weight excluding hydrogens is 237 g/mol. The fraction of sp³-hybridized carbons (Fsp3) is 0.182. The first-order valence-electron chi connectivity index (χ1n) is 5.43. The van der Waals surface area contributed by atoms with Crippen molar-refractivity contribution in [2.45, 2.75) is 6.54 Å². The van der Waals surface area contributed by atoms with Crippen LogP contribution in [-0.4, -0.2) is 26.5 Å². The highest BCUT2D eigenvalue weighted by molar-refractivity contribution is 5.75. The van der Waals surface area contributed by atoms with Crippen molar-refractivity contribution in [3.63, 3.8) is 0 Å². The van der Waals surface area contributed by atoms with Gasteiger partial charge in [0.2, 0.25) is 5.89 Å². The maximum Gasteiger partial charge on any atom is 0.249 e. The fourth-order valence-corrected chi connectivity index (χ4v) is 1.65. The van der Waals surface area contributed by atoms with Gasteiger partial charge in [-0.3, -0.25) is 4.68 Å². The van der Waals surface area contributed by atoms with Crippen molar-refractivity contribution in [1.29, 1.82) is 0 Å². The van der Waals surface area contributed by atoms with E-state index < -0.39 is 0 Å². The van der Waals surface area contributed by atoms with Gasteiger partial charge in [-0.05, 0) is 12.1 Å². The topological polar surface area (TPSA) is 82.8 Å². The van der Waals surface area contributed by atoms with Crippen LogP contribution in [0.15, 0.2) is 28.8 Å². The maximum atomic E-state index is 13.0. The lowest BCUT2D eigenvalue weighted by Crippen LogP contribution is -2.10. The van der Waals surface area contributed by atoms with Crippen LogP contribution in [0.3, 0.4) is 0 Å². The lowest BCUT2D eigenvalue weighted by molar-refractivity contribution is 0.597. The van der Waals surface area contributed by atoms with E-state index in [4.69, 9.17) is 10.2 Å². The summed E-state index contributed by atoms with van der Waals surface area (Å²) in [5.74, 6) is -0.0455. The third kappa shape index (κ3) is 1.84. The quantitative estimate of drug-likeness (QED) is 0.751. The predicted octanol–water partition coefficient (Wildman–Crippen LogP) is 1.18. The second-order valence-electron chi connectivity index (χ2n) is 3.79. The molecule has 0 saturated heterocycles. The maximum absolute atomic E-state index is 13.0. The number of nitrogens with two attached hydrogens (primary N) is 1. The fourth-order valence-electron chi connectivity index (χ4n) is 1.65. The van der Waals surface area contributed by atoms with Crippen molar-refractivity contribution in [3.8, 4) is 11.6 Å². The zero-order valence-corrected chi connectivity index (χ0v) is 9.38. The van der Waals surface area contributed by atoms with Gasteiger partial charge in [-0.15, -0.1) is 5.10 Å². The minimum Gasteiger partial charge on any atom is -0.434 e. The molecule has 0 bridgehead atoms. The zero-order chi connectivity index (χ0) is 12.5. The van der Waals surface area contributed by atoms with Crippen LogP contribution in [0.2, 0.25) is 0 Å². The van der Waals surface area contributed by atoms with E-state index >= 15 is 0 Å². The molecule has 0 amide bonds. The molecule has 3 rings (SSSR count). The molecule has 1 aromatic carbocycles. The Bertz CT molecular complexity index is 690. The molecule has 0 spiro atoms. The van der Waals surface area contributed by atoms with Crippen LogP contribution in [0.1, 0.15) is 0 Å². The Morgan fingerprint density at radius 2 is 2.28 bits per heavy atom. The minimum atomic E-state index is -0.364. The van der Waals surface area contributed by atoms with Gasteiger partial charge in [-0.2, -0.15) is 0 Å². The van der Waals surface area contributed by atoms with E-state index in [0.717, 1.165) is 0 Å². The second kappa shape index (κ2) is 4.19. The van der Waals surface area contributed by atoms with E-state index in [-0.39, 0.29) is 5.82 Å². The Morgan fingerprint density at radius 3 is 3.11 bits per heavy atom. The van der Waals surface area contributed by atoms with E-state index in [0.29, 0.717) is 35.8 Å². The first-order valence-corrected chi connectivity index (χ1v) is 5.43. The summed E-state index contributed by atoms with van der Waals surface area (Å²) in [6.45, 7) is 1.05. The Balaban J connectivity index is 2.02. The van der Waals surface area contributed by atoms with Gasteiger partial charge in [-0.1, -0.05) is 5.21 Å². The van der Waals surface area contributed by atoms with Crippen LogP contribution in [0, 0.1) is 5.82 Å². The summed E-state index contributed by atoms with van der Waals surface area (Å²) in [6, 6.07) is 4.18. The largest absolute Gasteiger partial charge is 0.434 e. The highest BCUT2D eigenvalue weighted by Crippen LogP contribution is 2.22. The molecule has 18 heavy (non-hydrogen) atoms. The summed E-state index contributed by atoms with van der Waals surface area (Å²) >= 11 is 0. The molecule has 0 fully saturated rings. The lowest BCUT2D eigenvalue weighted by Gasteiger charge is -1.91. The predicted molar refractivity (Wildman–Crippen MR) is 62.0 cm³/mol. The molecule has 0 aliphatic carbocycles.